The average molecular weight is 441 g/mol. The molecule has 3 rings (SSSR count). The molecule has 0 saturated carbocycles. The minimum absolute atomic E-state index is 0.0969. The van der Waals surface area contributed by atoms with Crippen molar-refractivity contribution in [1.29, 1.82) is 0 Å². The number of aryl methyl sites for hydroxylation is 2. The van der Waals surface area contributed by atoms with Crippen molar-refractivity contribution < 1.29 is 14.6 Å². The number of ether oxygens (including phenoxy) is 2. The molecule has 1 unspecified atom stereocenters. The maximum atomic E-state index is 12.4. The Bertz CT molecular complexity index is 1220. The molecule has 3 aromatic rings. The van der Waals surface area contributed by atoms with Crippen LogP contribution in [0.2, 0.25) is 0 Å². The number of hydrogen-bond donors (Lipinski definition) is 2. The minimum Gasteiger partial charge on any atom is -0.487 e. The molecule has 1 aromatic carbocycles. The van der Waals surface area contributed by atoms with Crippen molar-refractivity contribution in [3.63, 3.8) is 0 Å². The molecule has 1 atom stereocenters. The largest absolute Gasteiger partial charge is 0.487 e. The van der Waals surface area contributed by atoms with Gasteiger partial charge in [0, 0.05) is 27.2 Å². The van der Waals surface area contributed by atoms with Gasteiger partial charge < -0.3 is 24.5 Å². The van der Waals surface area contributed by atoms with E-state index in [9.17, 15) is 14.7 Å². The van der Waals surface area contributed by atoms with Crippen LogP contribution in [-0.2, 0) is 20.6 Å². The molecule has 170 valence electrons. The maximum absolute atomic E-state index is 12.4. The van der Waals surface area contributed by atoms with Gasteiger partial charge in [-0.15, -0.1) is 6.42 Å². The van der Waals surface area contributed by atoms with Crippen LogP contribution in [0, 0.1) is 12.3 Å². The van der Waals surface area contributed by atoms with E-state index in [1.807, 2.05) is 12.1 Å². The topological polar surface area (TPSA) is 113 Å². The molecule has 0 spiro atoms. The lowest BCUT2D eigenvalue weighted by molar-refractivity contribution is 0.104. The maximum Gasteiger partial charge on any atom is 0.332 e. The van der Waals surface area contributed by atoms with Gasteiger partial charge in [-0.1, -0.05) is 18.1 Å². The van der Waals surface area contributed by atoms with E-state index in [2.05, 4.69) is 16.2 Å². The SMILES string of the molecule is C#CCOc1ccccc1OCC(O)CNCCCn1cnc2c1c(=O)n(C)c(=O)n2C. The zero-order valence-electron chi connectivity index (χ0n) is 18.2. The number of para-hydroxylation sites is 2. The van der Waals surface area contributed by atoms with Gasteiger partial charge in [0.25, 0.3) is 5.56 Å². The lowest BCUT2D eigenvalue weighted by Gasteiger charge is -2.15. The van der Waals surface area contributed by atoms with Crippen LogP contribution in [0.25, 0.3) is 11.2 Å². The van der Waals surface area contributed by atoms with Crippen molar-refractivity contribution in [3.8, 4) is 23.8 Å². The molecule has 2 N–H and O–H groups in total. The number of fused-ring (bicyclic) bond motifs is 1. The first-order valence-electron chi connectivity index (χ1n) is 10.2. The zero-order chi connectivity index (χ0) is 23.1. The minimum atomic E-state index is -0.716. The molecular formula is C22H27N5O5. The van der Waals surface area contributed by atoms with Crippen molar-refractivity contribution in [1.82, 2.24) is 24.0 Å². The number of aliphatic hydroxyl groups is 1. The number of aliphatic hydroxyl groups excluding tert-OH is 1. The third-order valence-electron chi connectivity index (χ3n) is 4.94. The molecule has 10 nitrogen and oxygen atoms in total. The summed E-state index contributed by atoms with van der Waals surface area (Å²) in [5, 5.41) is 13.3. The molecule has 32 heavy (non-hydrogen) atoms. The third-order valence-corrected chi connectivity index (χ3v) is 4.94. The highest BCUT2D eigenvalue weighted by molar-refractivity contribution is 5.69. The van der Waals surface area contributed by atoms with Gasteiger partial charge in [0.2, 0.25) is 0 Å². The van der Waals surface area contributed by atoms with Gasteiger partial charge in [0.1, 0.15) is 19.3 Å². The molecule has 2 aromatic heterocycles. The van der Waals surface area contributed by atoms with Gasteiger partial charge in [-0.3, -0.25) is 13.9 Å². The molecule has 10 heteroatoms. The van der Waals surface area contributed by atoms with Crippen molar-refractivity contribution in [2.45, 2.75) is 19.1 Å². The van der Waals surface area contributed by atoms with Gasteiger partial charge in [-0.2, -0.15) is 0 Å². The Morgan fingerprint density at radius 1 is 1.19 bits per heavy atom. The Morgan fingerprint density at radius 3 is 2.62 bits per heavy atom. The summed E-state index contributed by atoms with van der Waals surface area (Å²) in [5.74, 6) is 3.45. The number of hydrogen-bond acceptors (Lipinski definition) is 7. The molecule has 0 bridgehead atoms. The summed E-state index contributed by atoms with van der Waals surface area (Å²) < 4.78 is 15.2. The van der Waals surface area contributed by atoms with Crippen molar-refractivity contribution >= 4 is 11.2 Å². The lowest BCUT2D eigenvalue weighted by atomic mass is 10.3. The van der Waals surface area contributed by atoms with Crippen LogP contribution in [0.1, 0.15) is 6.42 Å². The molecule has 0 saturated heterocycles. The molecular weight excluding hydrogens is 414 g/mol. The summed E-state index contributed by atoms with van der Waals surface area (Å²) in [6.07, 6.45) is 6.76. The van der Waals surface area contributed by atoms with Gasteiger partial charge in [-0.05, 0) is 25.1 Å². The van der Waals surface area contributed by atoms with E-state index in [0.29, 0.717) is 48.7 Å². The normalized spacial score (nSPS) is 11.9. The molecule has 0 amide bonds. The molecule has 2 heterocycles. The first kappa shape index (κ1) is 23.1. The Labute approximate surface area is 185 Å². The number of nitrogens with zero attached hydrogens (tertiary/aromatic N) is 4. The average Bonchev–Trinajstić information content (AvgIpc) is 3.23. The van der Waals surface area contributed by atoms with Crippen LogP contribution in [0.4, 0.5) is 0 Å². The monoisotopic (exact) mass is 441 g/mol. The van der Waals surface area contributed by atoms with Crippen LogP contribution in [-0.4, -0.2) is 56.2 Å². The molecule has 0 aliphatic heterocycles. The lowest BCUT2D eigenvalue weighted by Crippen LogP contribution is -2.37. The Hall–Kier alpha value is -3.55. The number of rotatable bonds is 11. The van der Waals surface area contributed by atoms with E-state index in [0.717, 1.165) is 4.57 Å². The first-order chi connectivity index (χ1) is 15.4. The van der Waals surface area contributed by atoms with Gasteiger partial charge in [0.15, 0.2) is 22.7 Å². The zero-order valence-corrected chi connectivity index (χ0v) is 18.2. The van der Waals surface area contributed by atoms with Crippen LogP contribution < -0.4 is 26.0 Å². The second-order valence-electron chi connectivity index (χ2n) is 7.28. The van der Waals surface area contributed by atoms with E-state index in [4.69, 9.17) is 15.9 Å². The predicted octanol–water partition coefficient (Wildman–Crippen LogP) is -0.135. The predicted molar refractivity (Wildman–Crippen MR) is 120 cm³/mol. The highest BCUT2D eigenvalue weighted by Gasteiger charge is 2.14. The van der Waals surface area contributed by atoms with Crippen molar-refractivity contribution in [2.75, 3.05) is 26.3 Å². The number of nitrogens with one attached hydrogen (secondary N) is 1. The number of benzene rings is 1. The highest BCUT2D eigenvalue weighted by atomic mass is 16.5. The quantitative estimate of drug-likeness (QED) is 0.315. The summed E-state index contributed by atoms with van der Waals surface area (Å²) in [6.45, 7) is 1.74. The Balaban J connectivity index is 1.45. The number of terminal acetylenes is 1. The summed E-state index contributed by atoms with van der Waals surface area (Å²) in [4.78, 5) is 28.6. The van der Waals surface area contributed by atoms with Crippen LogP contribution in [0.3, 0.4) is 0 Å². The summed E-state index contributed by atoms with van der Waals surface area (Å²) in [6, 6.07) is 7.13. The molecule has 0 aliphatic rings. The Morgan fingerprint density at radius 2 is 1.91 bits per heavy atom. The Kier molecular flexibility index (Phi) is 7.70. The van der Waals surface area contributed by atoms with Gasteiger partial charge in [0.05, 0.1) is 6.33 Å². The van der Waals surface area contributed by atoms with Crippen LogP contribution >= 0.6 is 0 Å². The molecule has 0 fully saturated rings. The standard InChI is InChI=1S/C22H27N5O5/c1-4-12-31-17-8-5-6-9-18(17)32-14-16(28)13-23-10-7-11-27-15-24-20-19(27)21(29)26(3)22(30)25(20)2/h1,5-6,8-9,15-16,23,28H,7,10-14H2,2-3H3. The summed E-state index contributed by atoms with van der Waals surface area (Å²) in [7, 11) is 3.04. The second-order valence-corrected chi connectivity index (χ2v) is 7.28. The van der Waals surface area contributed by atoms with Crippen molar-refractivity contribution in [3.05, 3.63) is 51.4 Å². The smallest absolute Gasteiger partial charge is 0.332 e. The van der Waals surface area contributed by atoms with Gasteiger partial charge in [-0.25, -0.2) is 9.78 Å². The van der Waals surface area contributed by atoms with E-state index in [1.54, 1.807) is 30.1 Å². The van der Waals surface area contributed by atoms with Crippen LogP contribution in [0.15, 0.2) is 40.2 Å². The number of imidazole rings is 1. The van der Waals surface area contributed by atoms with Crippen molar-refractivity contribution in [2.24, 2.45) is 14.1 Å². The second kappa shape index (κ2) is 10.7. The van der Waals surface area contributed by atoms with E-state index in [-0.39, 0.29) is 18.8 Å². The van der Waals surface area contributed by atoms with E-state index < -0.39 is 11.8 Å². The van der Waals surface area contributed by atoms with Crippen LogP contribution in [0.5, 0.6) is 11.5 Å². The van der Waals surface area contributed by atoms with E-state index >= 15 is 0 Å². The first-order valence-corrected chi connectivity index (χ1v) is 10.2. The van der Waals surface area contributed by atoms with Gasteiger partial charge >= 0.3 is 5.69 Å². The fourth-order valence-corrected chi connectivity index (χ4v) is 3.26. The fraction of sp³-hybridized carbons (Fsp3) is 0.409. The molecule has 0 aliphatic carbocycles. The summed E-state index contributed by atoms with van der Waals surface area (Å²) in [5.41, 5.74) is -0.0117. The third kappa shape index (κ3) is 5.19. The fourth-order valence-electron chi connectivity index (χ4n) is 3.26. The van der Waals surface area contributed by atoms with E-state index in [1.165, 1.54) is 11.6 Å². The summed E-state index contributed by atoms with van der Waals surface area (Å²) >= 11 is 0. The molecule has 0 radical (unpaired) electrons. The number of aromatic nitrogens is 4. The highest BCUT2D eigenvalue weighted by Crippen LogP contribution is 2.26.